The second-order valence-electron chi connectivity index (χ2n) is 10.5. The highest BCUT2D eigenvalue weighted by Crippen LogP contribution is 2.31. The van der Waals surface area contributed by atoms with E-state index in [-0.39, 0.29) is 0 Å². The van der Waals surface area contributed by atoms with Gasteiger partial charge in [0, 0.05) is 49.4 Å². The molecular weight excluding hydrogens is 580 g/mol. The lowest BCUT2D eigenvalue weighted by atomic mass is 10.1. The molecule has 0 spiro atoms. The lowest BCUT2D eigenvalue weighted by Gasteiger charge is -2.28. The van der Waals surface area contributed by atoms with Crippen LogP contribution < -0.4 is 19.1 Å². The van der Waals surface area contributed by atoms with Crippen molar-refractivity contribution in [1.29, 1.82) is 5.26 Å². The predicted molar refractivity (Wildman–Crippen MR) is 181 cm³/mol. The molecule has 0 aliphatic carbocycles. The molecule has 0 radical (unpaired) electrons. The first-order valence-electron chi connectivity index (χ1n) is 14.9. The number of nitrogens with zero attached hydrogens (tertiary/aromatic N) is 3. The van der Waals surface area contributed by atoms with Crippen molar-refractivity contribution in [2.45, 2.75) is 33.4 Å². The summed E-state index contributed by atoms with van der Waals surface area (Å²) in [6.45, 7) is 5.70. The van der Waals surface area contributed by atoms with Crippen LogP contribution in [0.3, 0.4) is 0 Å². The third-order valence-corrected chi connectivity index (χ3v) is 8.25. The summed E-state index contributed by atoms with van der Waals surface area (Å²) in [7, 11) is -1.15. The van der Waals surface area contributed by atoms with Crippen molar-refractivity contribution in [2.24, 2.45) is 0 Å². The highest BCUT2D eigenvalue weighted by Gasteiger charge is 2.15. The van der Waals surface area contributed by atoms with E-state index < -0.39 is 11.0 Å². The molecule has 1 aromatic heterocycles. The summed E-state index contributed by atoms with van der Waals surface area (Å²) < 4.78 is 27.5. The molecule has 0 bridgehead atoms. The fourth-order valence-corrected chi connectivity index (χ4v) is 5.55. The number of aromatic nitrogens is 1. The Balaban J connectivity index is 1.29. The minimum absolute atomic E-state index is 0.520. The minimum Gasteiger partial charge on any atom is -0.493 e. The van der Waals surface area contributed by atoms with Crippen LogP contribution in [0.25, 0.3) is 0 Å². The highest BCUT2D eigenvalue weighted by atomic mass is 32.2. The van der Waals surface area contributed by atoms with E-state index in [1.807, 2.05) is 105 Å². The number of nitrogens with one attached hydrogen (secondary N) is 1. The van der Waals surface area contributed by atoms with E-state index in [1.54, 1.807) is 6.20 Å². The summed E-state index contributed by atoms with van der Waals surface area (Å²) in [6.07, 6.45) is 4.39. The standard InChI is InChI=1S/C37H36N4O3S/c1-3-45(42)40-36-13-6-14-37(28(36)2)41(27-32-9-4-8-31(22-32)24-38)26-30-15-17-33(18-16-30)44-35-12-5-11-34(23-35)43-21-19-29-10-7-20-39-25-29/h4-18,20,22-23,25,40H,3,19,21,26-27H2,1-2H3. The summed E-state index contributed by atoms with van der Waals surface area (Å²) in [5.74, 6) is 2.69. The van der Waals surface area contributed by atoms with E-state index in [9.17, 15) is 9.47 Å². The topological polar surface area (TPSA) is 87.5 Å². The summed E-state index contributed by atoms with van der Waals surface area (Å²) in [5.41, 5.74) is 6.77. The number of rotatable bonds is 14. The lowest BCUT2D eigenvalue weighted by molar-refractivity contribution is 0.320. The van der Waals surface area contributed by atoms with Gasteiger partial charge in [0.1, 0.15) is 28.2 Å². The first-order valence-corrected chi connectivity index (χ1v) is 16.2. The van der Waals surface area contributed by atoms with Crippen molar-refractivity contribution in [2.75, 3.05) is 22.0 Å². The first kappa shape index (κ1) is 31.3. The highest BCUT2D eigenvalue weighted by molar-refractivity contribution is 7.86. The molecule has 1 atom stereocenters. The van der Waals surface area contributed by atoms with Gasteiger partial charge in [0.2, 0.25) is 0 Å². The summed E-state index contributed by atoms with van der Waals surface area (Å²) in [6, 6.07) is 35.6. The number of ether oxygens (including phenoxy) is 2. The zero-order chi connectivity index (χ0) is 31.4. The van der Waals surface area contributed by atoms with Gasteiger partial charge in [-0.15, -0.1) is 0 Å². The average Bonchev–Trinajstić information content (AvgIpc) is 3.07. The van der Waals surface area contributed by atoms with E-state index in [4.69, 9.17) is 9.47 Å². The third kappa shape index (κ3) is 8.94. The maximum absolute atomic E-state index is 12.3. The Bertz CT molecular complexity index is 1770. The molecule has 7 nitrogen and oxygen atoms in total. The molecular formula is C37H36N4O3S. The fourth-order valence-electron chi connectivity index (χ4n) is 4.94. The number of pyridine rings is 1. The third-order valence-electron chi connectivity index (χ3n) is 7.28. The van der Waals surface area contributed by atoms with E-state index >= 15 is 0 Å². The second kappa shape index (κ2) is 15.6. The SMILES string of the molecule is CCS(=O)Nc1cccc(N(Cc2ccc(Oc3cccc(OCCc4cccnc4)c3)cc2)Cc2cccc(C#N)c2)c1C. The van der Waals surface area contributed by atoms with Gasteiger partial charge < -0.3 is 19.1 Å². The van der Waals surface area contributed by atoms with E-state index in [0.717, 1.165) is 51.5 Å². The maximum Gasteiger partial charge on any atom is 0.131 e. The number of anilines is 2. The van der Waals surface area contributed by atoms with Crippen LogP contribution in [0.1, 0.15) is 34.7 Å². The van der Waals surface area contributed by atoms with Gasteiger partial charge in [0.25, 0.3) is 0 Å². The Morgan fingerprint density at radius 2 is 1.60 bits per heavy atom. The van der Waals surface area contributed by atoms with Gasteiger partial charge in [0.15, 0.2) is 0 Å². The molecule has 0 aliphatic rings. The van der Waals surface area contributed by atoms with Crippen molar-refractivity contribution in [3.8, 4) is 23.3 Å². The lowest BCUT2D eigenvalue weighted by Crippen LogP contribution is -2.23. The number of benzene rings is 4. The largest absolute Gasteiger partial charge is 0.493 e. The molecule has 4 aromatic carbocycles. The van der Waals surface area contributed by atoms with Crippen LogP contribution in [0.5, 0.6) is 17.2 Å². The molecule has 5 rings (SSSR count). The van der Waals surface area contributed by atoms with Crippen LogP contribution >= 0.6 is 0 Å². The van der Waals surface area contributed by atoms with Gasteiger partial charge >= 0.3 is 0 Å². The van der Waals surface area contributed by atoms with E-state index in [1.165, 1.54) is 0 Å². The van der Waals surface area contributed by atoms with Gasteiger partial charge in [-0.25, -0.2) is 4.21 Å². The Labute approximate surface area is 267 Å². The van der Waals surface area contributed by atoms with Gasteiger partial charge in [0.05, 0.1) is 23.9 Å². The molecule has 0 amide bonds. The molecule has 0 aliphatic heterocycles. The van der Waals surface area contributed by atoms with Crippen molar-refractivity contribution < 1.29 is 13.7 Å². The number of nitriles is 1. The molecule has 228 valence electrons. The van der Waals surface area contributed by atoms with Crippen LogP contribution in [0, 0.1) is 18.3 Å². The minimum atomic E-state index is -1.15. The number of hydrogen-bond donors (Lipinski definition) is 1. The van der Waals surface area contributed by atoms with Crippen LogP contribution in [-0.2, 0) is 30.5 Å². The Kier molecular flexibility index (Phi) is 10.8. The Hall–Kier alpha value is -5.13. The van der Waals surface area contributed by atoms with Crippen molar-refractivity contribution in [3.63, 3.8) is 0 Å². The van der Waals surface area contributed by atoms with Crippen molar-refractivity contribution >= 4 is 22.4 Å². The molecule has 0 fully saturated rings. The van der Waals surface area contributed by atoms with Crippen molar-refractivity contribution in [1.82, 2.24) is 4.98 Å². The van der Waals surface area contributed by atoms with Crippen LogP contribution in [0.2, 0.25) is 0 Å². The molecule has 1 heterocycles. The fraction of sp³-hybridized carbons (Fsp3) is 0.189. The molecule has 1 unspecified atom stereocenters. The van der Waals surface area contributed by atoms with Crippen LogP contribution in [0.15, 0.2) is 116 Å². The Morgan fingerprint density at radius 1 is 0.844 bits per heavy atom. The Morgan fingerprint density at radius 3 is 2.38 bits per heavy atom. The molecule has 5 aromatic rings. The van der Waals surface area contributed by atoms with Gasteiger partial charge in [-0.3, -0.25) is 4.98 Å². The normalized spacial score (nSPS) is 11.3. The van der Waals surface area contributed by atoms with E-state index in [2.05, 4.69) is 38.9 Å². The van der Waals surface area contributed by atoms with Gasteiger partial charge in [-0.1, -0.05) is 49.4 Å². The second-order valence-corrected chi connectivity index (χ2v) is 12.0. The number of hydrogen-bond acceptors (Lipinski definition) is 6. The molecule has 45 heavy (non-hydrogen) atoms. The monoisotopic (exact) mass is 616 g/mol. The average molecular weight is 617 g/mol. The van der Waals surface area contributed by atoms with Crippen LogP contribution in [-0.4, -0.2) is 21.6 Å². The zero-order valence-corrected chi connectivity index (χ0v) is 26.3. The predicted octanol–water partition coefficient (Wildman–Crippen LogP) is 7.98. The van der Waals surface area contributed by atoms with Gasteiger partial charge in [-0.05, 0) is 83.8 Å². The smallest absolute Gasteiger partial charge is 0.131 e. The maximum atomic E-state index is 12.3. The summed E-state index contributed by atoms with van der Waals surface area (Å²) >= 11 is 0. The molecule has 0 saturated carbocycles. The molecule has 1 N–H and O–H groups in total. The van der Waals surface area contributed by atoms with E-state index in [0.29, 0.717) is 36.8 Å². The van der Waals surface area contributed by atoms with Crippen LogP contribution in [0.4, 0.5) is 11.4 Å². The van der Waals surface area contributed by atoms with Crippen molar-refractivity contribution in [3.05, 3.63) is 143 Å². The summed E-state index contributed by atoms with van der Waals surface area (Å²) in [4.78, 5) is 6.42. The molecule has 8 heteroatoms. The zero-order valence-electron chi connectivity index (χ0n) is 25.5. The quantitative estimate of drug-likeness (QED) is 0.136. The van der Waals surface area contributed by atoms with Gasteiger partial charge in [-0.2, -0.15) is 5.26 Å². The first-order chi connectivity index (χ1) is 22.0. The summed E-state index contributed by atoms with van der Waals surface area (Å²) in [5, 5.41) is 9.44. The molecule has 0 saturated heterocycles.